The first kappa shape index (κ1) is 21.3. The van der Waals surface area contributed by atoms with Gasteiger partial charge < -0.3 is 10.2 Å². The topological polar surface area (TPSA) is 78.4 Å². The lowest BCUT2D eigenvalue weighted by molar-refractivity contribution is -0.139. The molecule has 0 amide bonds. The van der Waals surface area contributed by atoms with E-state index < -0.39 is 26.7 Å². The van der Waals surface area contributed by atoms with Crippen molar-refractivity contribution in [3.8, 4) is 0 Å². The van der Waals surface area contributed by atoms with E-state index in [-0.39, 0.29) is 19.1 Å². The Morgan fingerprint density at radius 3 is 2.41 bits per heavy atom. The van der Waals surface area contributed by atoms with Crippen LogP contribution >= 0.6 is 0 Å². The third-order valence-corrected chi connectivity index (χ3v) is 6.68. The van der Waals surface area contributed by atoms with Crippen molar-refractivity contribution in [1.29, 1.82) is 0 Å². The smallest absolute Gasteiger partial charge is 0.367 e. The minimum Gasteiger partial charge on any atom is -0.367 e. The highest BCUT2D eigenvalue weighted by Gasteiger charge is 2.39. The molecule has 7 nitrogen and oxygen atoms in total. The molecule has 1 aliphatic rings. The van der Waals surface area contributed by atoms with Gasteiger partial charge in [0, 0.05) is 39.3 Å². The summed E-state index contributed by atoms with van der Waals surface area (Å²) in [5.41, 5.74) is -1.14. The van der Waals surface area contributed by atoms with Crippen molar-refractivity contribution < 1.29 is 21.6 Å². The van der Waals surface area contributed by atoms with Gasteiger partial charge in [-0.2, -0.15) is 17.5 Å². The number of hydrogen-bond acceptors (Lipinski definition) is 6. The van der Waals surface area contributed by atoms with Gasteiger partial charge in [-0.15, -0.1) is 0 Å². The number of hydrogen-bond donors (Lipinski definition) is 1. The standard InChI is InChI=1S/C18H22F3N5O2S/c1-25(2)17-11-16(22-12-23-17)24-13-7-9-26(10-8-13)29(27,28)15-6-4-3-5-14(15)18(19,20)21/h3-6,11-13H,7-10H2,1-2H3,(H,22,23,24). The monoisotopic (exact) mass is 429 g/mol. The van der Waals surface area contributed by atoms with Crippen LogP contribution in [0.3, 0.4) is 0 Å². The van der Waals surface area contributed by atoms with Crippen molar-refractivity contribution >= 4 is 21.7 Å². The van der Waals surface area contributed by atoms with Gasteiger partial charge in [0.25, 0.3) is 0 Å². The van der Waals surface area contributed by atoms with Crippen LogP contribution in [-0.4, -0.2) is 55.9 Å². The summed E-state index contributed by atoms with van der Waals surface area (Å²) in [6.45, 7) is 0.246. The van der Waals surface area contributed by atoms with Crippen LogP contribution < -0.4 is 10.2 Å². The second-order valence-corrected chi connectivity index (χ2v) is 8.88. The molecule has 1 aliphatic heterocycles. The van der Waals surface area contributed by atoms with Crippen molar-refractivity contribution in [2.24, 2.45) is 0 Å². The molecule has 1 fully saturated rings. The normalized spacial score (nSPS) is 16.6. The van der Waals surface area contributed by atoms with E-state index in [9.17, 15) is 21.6 Å². The summed E-state index contributed by atoms with van der Waals surface area (Å²) < 4.78 is 66.4. The van der Waals surface area contributed by atoms with Gasteiger partial charge in [-0.1, -0.05) is 12.1 Å². The number of nitrogens with one attached hydrogen (secondary N) is 1. The van der Waals surface area contributed by atoms with Gasteiger partial charge in [-0.05, 0) is 25.0 Å². The Morgan fingerprint density at radius 1 is 1.14 bits per heavy atom. The van der Waals surface area contributed by atoms with Gasteiger partial charge in [-0.25, -0.2) is 18.4 Å². The van der Waals surface area contributed by atoms with Gasteiger partial charge in [0.15, 0.2) is 0 Å². The zero-order chi connectivity index (χ0) is 21.2. The minimum absolute atomic E-state index is 0.0378. The lowest BCUT2D eigenvalue weighted by Crippen LogP contribution is -2.42. The van der Waals surface area contributed by atoms with Gasteiger partial charge >= 0.3 is 6.18 Å². The van der Waals surface area contributed by atoms with Gasteiger partial charge in [0.05, 0.1) is 10.5 Å². The van der Waals surface area contributed by atoms with Crippen molar-refractivity contribution in [3.63, 3.8) is 0 Å². The summed E-state index contributed by atoms with van der Waals surface area (Å²) in [4.78, 5) is 9.43. The number of sulfonamides is 1. The molecular formula is C18H22F3N5O2S. The molecule has 11 heteroatoms. The number of piperidine rings is 1. The van der Waals surface area contributed by atoms with Crippen molar-refractivity contribution in [2.75, 3.05) is 37.4 Å². The molecule has 0 radical (unpaired) electrons. The van der Waals surface area contributed by atoms with Crippen LogP contribution in [0.4, 0.5) is 24.8 Å². The Morgan fingerprint density at radius 2 is 1.79 bits per heavy atom. The molecule has 1 aromatic carbocycles. The first-order valence-corrected chi connectivity index (χ1v) is 10.5. The highest BCUT2D eigenvalue weighted by atomic mass is 32.2. The van der Waals surface area contributed by atoms with E-state index >= 15 is 0 Å². The summed E-state index contributed by atoms with van der Waals surface area (Å²) in [7, 11) is -0.526. The quantitative estimate of drug-likeness (QED) is 0.788. The number of halogens is 3. The van der Waals surface area contributed by atoms with Crippen molar-refractivity contribution in [2.45, 2.75) is 30.0 Å². The number of alkyl halides is 3. The largest absolute Gasteiger partial charge is 0.417 e. The summed E-state index contributed by atoms with van der Waals surface area (Å²) in [5.74, 6) is 1.35. The summed E-state index contributed by atoms with van der Waals surface area (Å²) in [5, 5.41) is 3.24. The predicted molar refractivity (Wildman–Crippen MR) is 103 cm³/mol. The molecule has 0 unspecified atom stereocenters. The Hall–Kier alpha value is -2.40. The SMILES string of the molecule is CN(C)c1cc(NC2CCN(S(=O)(=O)c3ccccc3C(F)(F)F)CC2)ncn1. The molecule has 0 bridgehead atoms. The maximum atomic E-state index is 13.2. The van der Waals surface area contributed by atoms with Gasteiger partial charge in [0.1, 0.15) is 18.0 Å². The van der Waals surface area contributed by atoms with E-state index in [1.165, 1.54) is 18.5 Å². The molecule has 1 saturated heterocycles. The molecule has 0 spiro atoms. The van der Waals surface area contributed by atoms with Gasteiger partial charge in [0.2, 0.25) is 10.0 Å². The third kappa shape index (κ3) is 4.78. The average Bonchev–Trinajstić information content (AvgIpc) is 2.68. The third-order valence-electron chi connectivity index (χ3n) is 4.73. The lowest BCUT2D eigenvalue weighted by atomic mass is 10.1. The summed E-state index contributed by atoms with van der Waals surface area (Å²) >= 11 is 0. The number of nitrogens with zero attached hydrogens (tertiary/aromatic N) is 4. The van der Waals surface area contributed by atoms with Crippen LogP contribution in [0, 0.1) is 0 Å². The molecule has 1 aromatic heterocycles. The summed E-state index contributed by atoms with van der Waals surface area (Å²) in [6.07, 6.45) is -2.39. The molecule has 1 N–H and O–H groups in total. The van der Waals surface area contributed by atoms with E-state index in [2.05, 4.69) is 15.3 Å². The van der Waals surface area contributed by atoms with Crippen LogP contribution in [0.2, 0.25) is 0 Å². The van der Waals surface area contributed by atoms with Crippen LogP contribution in [0.1, 0.15) is 18.4 Å². The molecule has 158 valence electrons. The van der Waals surface area contributed by atoms with Gasteiger partial charge in [-0.3, -0.25) is 0 Å². The highest BCUT2D eigenvalue weighted by molar-refractivity contribution is 7.89. The van der Waals surface area contributed by atoms with E-state index in [4.69, 9.17) is 0 Å². The number of aromatic nitrogens is 2. The Bertz CT molecular complexity index is 958. The summed E-state index contributed by atoms with van der Waals surface area (Å²) in [6, 6.07) is 6.02. The first-order chi connectivity index (χ1) is 13.6. The van der Waals surface area contributed by atoms with E-state index in [1.54, 1.807) is 6.07 Å². The molecule has 0 aliphatic carbocycles. The zero-order valence-corrected chi connectivity index (χ0v) is 16.8. The Balaban J connectivity index is 1.70. The molecule has 3 rings (SSSR count). The lowest BCUT2D eigenvalue weighted by Gasteiger charge is -2.32. The second-order valence-electron chi connectivity index (χ2n) is 6.97. The Kier molecular flexibility index (Phi) is 5.99. The van der Waals surface area contributed by atoms with E-state index in [0.717, 1.165) is 22.3 Å². The molecule has 0 atom stereocenters. The fraction of sp³-hybridized carbons (Fsp3) is 0.444. The highest BCUT2D eigenvalue weighted by Crippen LogP contribution is 2.35. The maximum absolute atomic E-state index is 13.2. The number of rotatable bonds is 5. The van der Waals surface area contributed by atoms with Crippen LogP contribution in [0.25, 0.3) is 0 Å². The van der Waals surface area contributed by atoms with Crippen molar-refractivity contribution in [3.05, 3.63) is 42.2 Å². The van der Waals surface area contributed by atoms with E-state index in [1.807, 2.05) is 19.0 Å². The van der Waals surface area contributed by atoms with Crippen LogP contribution in [-0.2, 0) is 16.2 Å². The number of anilines is 2. The maximum Gasteiger partial charge on any atom is 0.417 e. The zero-order valence-electron chi connectivity index (χ0n) is 16.0. The fourth-order valence-electron chi connectivity index (χ4n) is 3.19. The van der Waals surface area contributed by atoms with E-state index in [0.29, 0.717) is 18.7 Å². The molecule has 0 saturated carbocycles. The molecule has 2 aromatic rings. The average molecular weight is 429 g/mol. The fourth-order valence-corrected chi connectivity index (χ4v) is 4.87. The first-order valence-electron chi connectivity index (χ1n) is 9.01. The second kappa shape index (κ2) is 8.15. The predicted octanol–water partition coefficient (Wildman–Crippen LogP) is 2.83. The number of benzene rings is 1. The minimum atomic E-state index is -4.74. The van der Waals surface area contributed by atoms with Crippen LogP contribution in [0.15, 0.2) is 41.6 Å². The molecule has 2 heterocycles. The Labute approximate surface area is 167 Å². The van der Waals surface area contributed by atoms with Crippen LogP contribution in [0.5, 0.6) is 0 Å². The van der Waals surface area contributed by atoms with Crippen molar-refractivity contribution in [1.82, 2.24) is 14.3 Å². The molecule has 29 heavy (non-hydrogen) atoms. The molecular weight excluding hydrogens is 407 g/mol.